The molecule has 0 fully saturated rings. The first-order valence-electron chi connectivity index (χ1n) is 5.04. The highest BCUT2D eigenvalue weighted by Crippen LogP contribution is 2.30. The first-order valence-corrected chi connectivity index (χ1v) is 5.92. The third kappa shape index (κ3) is 1.66. The molecule has 0 radical (unpaired) electrons. The summed E-state index contributed by atoms with van der Waals surface area (Å²) in [6.07, 6.45) is 1.37. The van der Waals surface area contributed by atoms with Crippen LogP contribution in [0.15, 0.2) is 34.8 Å². The van der Waals surface area contributed by atoms with E-state index < -0.39 is 0 Å². The Morgan fingerprint density at radius 2 is 2.29 bits per heavy atom. The summed E-state index contributed by atoms with van der Waals surface area (Å²) < 4.78 is 13.6. The Morgan fingerprint density at radius 1 is 1.41 bits per heavy atom. The molecule has 0 amide bonds. The van der Waals surface area contributed by atoms with Crippen LogP contribution in [0.3, 0.4) is 0 Å². The lowest BCUT2D eigenvalue weighted by molar-refractivity contribution is 0.623. The maximum absolute atomic E-state index is 13.6. The molecule has 0 saturated heterocycles. The molecule has 6 heteroatoms. The van der Waals surface area contributed by atoms with Gasteiger partial charge in [0.15, 0.2) is 6.17 Å². The maximum Gasteiger partial charge on any atom is 0.173 e. The fourth-order valence-electron chi connectivity index (χ4n) is 1.77. The van der Waals surface area contributed by atoms with Gasteiger partial charge in [-0.25, -0.2) is 14.4 Å². The number of fused-ring (bicyclic) bond motifs is 1. The molecule has 1 aliphatic rings. The molecule has 3 rings (SSSR count). The van der Waals surface area contributed by atoms with Crippen LogP contribution < -0.4 is 11.1 Å². The number of aromatic nitrogens is 1. The zero-order valence-electron chi connectivity index (χ0n) is 8.72. The zero-order valence-corrected chi connectivity index (χ0v) is 9.54. The van der Waals surface area contributed by atoms with Gasteiger partial charge in [0.1, 0.15) is 16.7 Å². The van der Waals surface area contributed by atoms with Crippen LogP contribution in [-0.2, 0) is 0 Å². The molecule has 0 saturated carbocycles. The normalized spacial score (nSPS) is 18.2. The van der Waals surface area contributed by atoms with Gasteiger partial charge in [-0.2, -0.15) is 0 Å². The van der Waals surface area contributed by atoms with E-state index in [2.05, 4.69) is 15.3 Å². The van der Waals surface area contributed by atoms with Crippen molar-refractivity contribution >= 4 is 22.9 Å². The molecule has 1 atom stereocenters. The van der Waals surface area contributed by atoms with E-state index in [1.165, 1.54) is 17.4 Å². The third-order valence-electron chi connectivity index (χ3n) is 2.52. The van der Waals surface area contributed by atoms with Crippen molar-refractivity contribution in [3.63, 3.8) is 0 Å². The first kappa shape index (κ1) is 10.2. The summed E-state index contributed by atoms with van der Waals surface area (Å²) in [5, 5.41) is 5.78. The molecule has 0 aliphatic carbocycles. The van der Waals surface area contributed by atoms with Crippen LogP contribution in [0.1, 0.15) is 16.7 Å². The van der Waals surface area contributed by atoms with E-state index in [9.17, 15) is 4.39 Å². The molecule has 2 aromatic rings. The van der Waals surface area contributed by atoms with E-state index in [-0.39, 0.29) is 17.8 Å². The highest BCUT2D eigenvalue weighted by Gasteiger charge is 2.23. The molecule has 0 spiro atoms. The van der Waals surface area contributed by atoms with Crippen LogP contribution >= 0.6 is 11.3 Å². The molecule has 1 aromatic heterocycles. The molecule has 1 aliphatic heterocycles. The standard InChI is InChI=1S/C11H9FN4S/c12-6-2-1-3-7-8(6)9(13)16-10(15-7)11-14-4-5-17-11/h1-5,10,15H,(H2,13,16). The fourth-order valence-corrected chi connectivity index (χ4v) is 2.40. The van der Waals surface area contributed by atoms with Crippen LogP contribution in [0, 0.1) is 5.82 Å². The SMILES string of the molecule is NC1=NC(c2nccs2)Nc2cccc(F)c21. The Labute approximate surface area is 101 Å². The summed E-state index contributed by atoms with van der Waals surface area (Å²) in [7, 11) is 0. The van der Waals surface area contributed by atoms with Crippen LogP contribution in [0.5, 0.6) is 0 Å². The highest BCUT2D eigenvalue weighted by atomic mass is 32.1. The molecule has 86 valence electrons. The highest BCUT2D eigenvalue weighted by molar-refractivity contribution is 7.09. The molecule has 1 unspecified atom stereocenters. The van der Waals surface area contributed by atoms with Crippen molar-refractivity contribution in [1.82, 2.24) is 4.98 Å². The molecular formula is C11H9FN4S. The average Bonchev–Trinajstić information content (AvgIpc) is 2.81. The molecule has 4 nitrogen and oxygen atoms in total. The summed E-state index contributed by atoms with van der Waals surface area (Å²) in [6.45, 7) is 0. The molecule has 2 heterocycles. The number of hydrogen-bond donors (Lipinski definition) is 2. The van der Waals surface area contributed by atoms with Crippen LogP contribution in [0.4, 0.5) is 10.1 Å². The predicted molar refractivity (Wildman–Crippen MR) is 65.6 cm³/mol. The minimum absolute atomic E-state index is 0.206. The van der Waals surface area contributed by atoms with Crippen molar-refractivity contribution in [2.45, 2.75) is 6.17 Å². The third-order valence-corrected chi connectivity index (χ3v) is 3.34. The number of hydrogen-bond acceptors (Lipinski definition) is 5. The van der Waals surface area contributed by atoms with E-state index in [4.69, 9.17) is 5.73 Å². The Kier molecular flexibility index (Phi) is 2.29. The Morgan fingerprint density at radius 3 is 3.06 bits per heavy atom. The zero-order chi connectivity index (χ0) is 11.8. The van der Waals surface area contributed by atoms with Gasteiger partial charge in [-0.05, 0) is 12.1 Å². The monoisotopic (exact) mass is 248 g/mol. The lowest BCUT2D eigenvalue weighted by Gasteiger charge is -2.22. The lowest BCUT2D eigenvalue weighted by atomic mass is 10.1. The summed E-state index contributed by atoms with van der Waals surface area (Å²) >= 11 is 1.48. The first-order chi connectivity index (χ1) is 8.25. The van der Waals surface area contributed by atoms with E-state index in [1.54, 1.807) is 18.3 Å². The largest absolute Gasteiger partial charge is 0.383 e. The van der Waals surface area contributed by atoms with Gasteiger partial charge in [0.25, 0.3) is 0 Å². The van der Waals surface area contributed by atoms with Crippen molar-refractivity contribution in [2.75, 3.05) is 5.32 Å². The van der Waals surface area contributed by atoms with Gasteiger partial charge in [0.2, 0.25) is 0 Å². The van der Waals surface area contributed by atoms with Gasteiger partial charge in [-0.3, -0.25) is 0 Å². The molecule has 3 N–H and O–H groups in total. The minimum Gasteiger partial charge on any atom is -0.383 e. The van der Waals surface area contributed by atoms with E-state index in [1.807, 2.05) is 5.38 Å². The van der Waals surface area contributed by atoms with Gasteiger partial charge >= 0.3 is 0 Å². The topological polar surface area (TPSA) is 63.3 Å². The second-order valence-electron chi connectivity index (χ2n) is 3.59. The van der Waals surface area contributed by atoms with Gasteiger partial charge in [0, 0.05) is 17.3 Å². The van der Waals surface area contributed by atoms with Crippen molar-refractivity contribution in [1.29, 1.82) is 0 Å². The number of amidine groups is 1. The second kappa shape index (κ2) is 3.81. The number of nitrogens with two attached hydrogens (primary N) is 1. The molecule has 17 heavy (non-hydrogen) atoms. The quantitative estimate of drug-likeness (QED) is 0.812. The second-order valence-corrected chi connectivity index (χ2v) is 4.52. The number of halogens is 1. The van der Waals surface area contributed by atoms with Crippen molar-refractivity contribution in [2.24, 2.45) is 10.7 Å². The summed E-state index contributed by atoms with van der Waals surface area (Å²) in [4.78, 5) is 8.39. The van der Waals surface area contributed by atoms with Crippen LogP contribution in [-0.4, -0.2) is 10.8 Å². The van der Waals surface area contributed by atoms with Crippen LogP contribution in [0.2, 0.25) is 0 Å². The Balaban J connectivity index is 2.07. The van der Waals surface area contributed by atoms with Crippen molar-refractivity contribution < 1.29 is 4.39 Å². The summed E-state index contributed by atoms with van der Waals surface area (Å²) in [6, 6.07) is 4.78. The number of thiazole rings is 1. The molecule has 1 aromatic carbocycles. The minimum atomic E-state index is -0.367. The fraction of sp³-hybridized carbons (Fsp3) is 0.0909. The average molecular weight is 248 g/mol. The van der Waals surface area contributed by atoms with Gasteiger partial charge in [-0.1, -0.05) is 6.07 Å². The van der Waals surface area contributed by atoms with Crippen molar-refractivity contribution in [3.8, 4) is 0 Å². The molecule has 0 bridgehead atoms. The van der Waals surface area contributed by atoms with Gasteiger partial charge in [0.05, 0.1) is 5.56 Å². The smallest absolute Gasteiger partial charge is 0.173 e. The number of nitrogens with zero attached hydrogens (tertiary/aromatic N) is 2. The van der Waals surface area contributed by atoms with E-state index in [0.717, 1.165) is 5.01 Å². The van der Waals surface area contributed by atoms with E-state index in [0.29, 0.717) is 11.3 Å². The van der Waals surface area contributed by atoms with Crippen molar-refractivity contribution in [3.05, 3.63) is 46.2 Å². The Hall–Kier alpha value is -1.95. The number of aliphatic imine (C=N–C) groups is 1. The van der Waals surface area contributed by atoms with Gasteiger partial charge < -0.3 is 11.1 Å². The number of nitrogens with one attached hydrogen (secondary N) is 1. The molecular weight excluding hydrogens is 239 g/mol. The van der Waals surface area contributed by atoms with E-state index >= 15 is 0 Å². The lowest BCUT2D eigenvalue weighted by Crippen LogP contribution is -2.26. The predicted octanol–water partition coefficient (Wildman–Crippen LogP) is 2.11. The van der Waals surface area contributed by atoms with Gasteiger partial charge in [-0.15, -0.1) is 11.3 Å². The number of benzene rings is 1. The number of anilines is 1. The Bertz CT molecular complexity index is 579. The number of rotatable bonds is 1. The summed E-state index contributed by atoms with van der Waals surface area (Å²) in [5.41, 5.74) is 6.77. The van der Waals surface area contributed by atoms with Crippen LogP contribution in [0.25, 0.3) is 0 Å². The maximum atomic E-state index is 13.6. The summed E-state index contributed by atoms with van der Waals surface area (Å²) in [5.74, 6) is -0.161.